The number of carbonyl (C=O) groups excluding carboxylic acids is 1. The Morgan fingerprint density at radius 1 is 1.38 bits per heavy atom. The van der Waals surface area contributed by atoms with Crippen molar-refractivity contribution in [3.8, 4) is 0 Å². The van der Waals surface area contributed by atoms with Gasteiger partial charge >= 0.3 is 0 Å². The van der Waals surface area contributed by atoms with Gasteiger partial charge in [0.05, 0.1) is 5.71 Å². The number of anilines is 1. The third-order valence-electron chi connectivity index (χ3n) is 3.33. The number of nitrogens with one attached hydrogen (secondary N) is 2. The van der Waals surface area contributed by atoms with Crippen LogP contribution in [0.15, 0.2) is 29.4 Å². The molecule has 1 heterocycles. The van der Waals surface area contributed by atoms with Gasteiger partial charge in [0, 0.05) is 16.9 Å². The van der Waals surface area contributed by atoms with Crippen LogP contribution in [0.5, 0.6) is 0 Å². The predicted molar refractivity (Wildman–Crippen MR) is 83.2 cm³/mol. The van der Waals surface area contributed by atoms with E-state index in [1.165, 1.54) is 0 Å². The average molecular weight is 285 g/mol. The molecule has 0 atom stereocenters. The van der Waals surface area contributed by atoms with E-state index in [2.05, 4.69) is 20.7 Å². The molecule has 1 amide bonds. The summed E-state index contributed by atoms with van der Waals surface area (Å²) in [5.74, 6) is -0.321. The molecular weight excluding hydrogens is 266 g/mol. The van der Waals surface area contributed by atoms with Gasteiger partial charge in [-0.2, -0.15) is 10.2 Å². The maximum absolute atomic E-state index is 12.1. The van der Waals surface area contributed by atoms with E-state index in [0.29, 0.717) is 17.1 Å². The summed E-state index contributed by atoms with van der Waals surface area (Å²) >= 11 is 0. The van der Waals surface area contributed by atoms with Crippen molar-refractivity contribution in [2.24, 2.45) is 5.10 Å². The third-order valence-corrected chi connectivity index (χ3v) is 3.33. The maximum atomic E-state index is 12.1. The molecule has 0 fully saturated rings. The fourth-order valence-electron chi connectivity index (χ4n) is 1.98. The van der Waals surface area contributed by atoms with E-state index in [-0.39, 0.29) is 5.91 Å². The zero-order chi connectivity index (χ0) is 15.4. The van der Waals surface area contributed by atoms with Gasteiger partial charge in [-0.15, -0.1) is 0 Å². The van der Waals surface area contributed by atoms with Crippen molar-refractivity contribution in [2.45, 2.75) is 27.2 Å². The molecule has 0 radical (unpaired) electrons. The monoisotopic (exact) mass is 285 g/mol. The molecule has 0 unspecified atom stereocenters. The van der Waals surface area contributed by atoms with Crippen LogP contribution >= 0.6 is 0 Å². The van der Waals surface area contributed by atoms with Crippen LogP contribution in [-0.2, 0) is 6.42 Å². The summed E-state index contributed by atoms with van der Waals surface area (Å²) < 4.78 is 0. The Labute approximate surface area is 123 Å². The first kappa shape index (κ1) is 14.8. The quantitative estimate of drug-likeness (QED) is 0.455. The van der Waals surface area contributed by atoms with E-state index in [1.54, 1.807) is 12.1 Å². The van der Waals surface area contributed by atoms with Crippen LogP contribution in [0.4, 0.5) is 5.69 Å². The van der Waals surface area contributed by atoms with Gasteiger partial charge in [-0.05, 0) is 38.0 Å². The average Bonchev–Trinajstić information content (AvgIpc) is 2.86. The molecule has 0 saturated heterocycles. The number of hydrogen-bond acceptors (Lipinski definition) is 4. The Balaban J connectivity index is 2.10. The van der Waals surface area contributed by atoms with Gasteiger partial charge in [-0.25, -0.2) is 5.43 Å². The topological polar surface area (TPSA) is 96.2 Å². The molecule has 1 aromatic carbocycles. The van der Waals surface area contributed by atoms with Gasteiger partial charge in [0.2, 0.25) is 0 Å². The smallest absolute Gasteiger partial charge is 0.292 e. The number of rotatable bonds is 4. The number of benzene rings is 1. The zero-order valence-corrected chi connectivity index (χ0v) is 12.4. The van der Waals surface area contributed by atoms with Crippen LogP contribution in [-0.4, -0.2) is 21.8 Å². The van der Waals surface area contributed by atoms with Crippen molar-refractivity contribution < 1.29 is 4.79 Å². The summed E-state index contributed by atoms with van der Waals surface area (Å²) in [5, 5.41) is 11.0. The molecule has 2 rings (SSSR count). The first-order valence-electron chi connectivity index (χ1n) is 6.77. The van der Waals surface area contributed by atoms with Gasteiger partial charge in [0.25, 0.3) is 5.91 Å². The van der Waals surface area contributed by atoms with Crippen LogP contribution in [0.2, 0.25) is 0 Å². The van der Waals surface area contributed by atoms with Crippen molar-refractivity contribution in [3.63, 3.8) is 0 Å². The van der Waals surface area contributed by atoms with E-state index in [9.17, 15) is 4.79 Å². The van der Waals surface area contributed by atoms with Crippen molar-refractivity contribution in [1.29, 1.82) is 0 Å². The predicted octanol–water partition coefficient (Wildman–Crippen LogP) is 2.02. The highest BCUT2D eigenvalue weighted by Crippen LogP contribution is 2.10. The molecule has 6 nitrogen and oxygen atoms in total. The summed E-state index contributed by atoms with van der Waals surface area (Å²) in [6.45, 7) is 5.69. The summed E-state index contributed by atoms with van der Waals surface area (Å²) in [5.41, 5.74) is 12.6. The fraction of sp³-hybridized carbons (Fsp3) is 0.267. The number of amides is 1. The number of nitrogen functional groups attached to an aromatic ring is 1. The van der Waals surface area contributed by atoms with Crippen LogP contribution < -0.4 is 11.2 Å². The number of carbonyl (C=O) groups is 1. The Hall–Kier alpha value is -2.63. The minimum absolute atomic E-state index is 0.321. The first-order valence-corrected chi connectivity index (χ1v) is 6.77. The van der Waals surface area contributed by atoms with Crippen molar-refractivity contribution >= 4 is 17.3 Å². The minimum atomic E-state index is -0.321. The second-order valence-electron chi connectivity index (χ2n) is 4.79. The Bertz CT molecular complexity index is 670. The largest absolute Gasteiger partial charge is 0.399 e. The molecule has 6 heteroatoms. The number of aryl methyl sites for hydroxylation is 1. The second kappa shape index (κ2) is 6.21. The van der Waals surface area contributed by atoms with Crippen LogP contribution in [0.3, 0.4) is 0 Å². The highest BCUT2D eigenvalue weighted by Gasteiger charge is 2.14. The van der Waals surface area contributed by atoms with Crippen LogP contribution in [0.1, 0.15) is 41.2 Å². The Morgan fingerprint density at radius 2 is 2.05 bits per heavy atom. The molecular formula is C15H19N5O. The summed E-state index contributed by atoms with van der Waals surface area (Å²) in [6.07, 6.45) is 0.805. The summed E-state index contributed by atoms with van der Waals surface area (Å²) in [7, 11) is 0. The van der Waals surface area contributed by atoms with Gasteiger partial charge in [0.15, 0.2) is 5.69 Å². The van der Waals surface area contributed by atoms with E-state index in [1.807, 2.05) is 32.9 Å². The maximum Gasteiger partial charge on any atom is 0.292 e. The lowest BCUT2D eigenvalue weighted by Gasteiger charge is -2.03. The normalized spacial score (nSPS) is 11.5. The molecule has 2 aromatic rings. The number of H-pyrrole nitrogens is 1. The standard InChI is InChI=1S/C15H19N5O/c1-4-13-9(2)14(19-18-13)15(21)20-17-10(3)11-5-7-12(16)8-6-11/h5-8H,4,16H2,1-3H3,(H,18,19)(H,20,21)/b17-10-. The lowest BCUT2D eigenvalue weighted by molar-refractivity contribution is 0.0949. The third kappa shape index (κ3) is 3.28. The molecule has 0 bridgehead atoms. The number of aromatic nitrogens is 2. The van der Waals surface area contributed by atoms with E-state index < -0.39 is 0 Å². The SMILES string of the molecule is CCc1[nH]nc(C(=O)N/N=C(/C)c2ccc(N)cc2)c1C. The number of nitrogens with zero attached hydrogens (tertiary/aromatic N) is 2. The summed E-state index contributed by atoms with van der Waals surface area (Å²) in [6, 6.07) is 7.30. The van der Waals surface area contributed by atoms with E-state index >= 15 is 0 Å². The van der Waals surface area contributed by atoms with Crippen LogP contribution in [0, 0.1) is 6.92 Å². The number of nitrogens with two attached hydrogens (primary N) is 1. The molecule has 0 aliphatic heterocycles. The van der Waals surface area contributed by atoms with Gasteiger partial charge in [0.1, 0.15) is 0 Å². The highest BCUT2D eigenvalue weighted by atomic mass is 16.2. The zero-order valence-electron chi connectivity index (χ0n) is 12.4. The Kier molecular flexibility index (Phi) is 4.37. The fourth-order valence-corrected chi connectivity index (χ4v) is 1.98. The van der Waals surface area contributed by atoms with E-state index in [0.717, 1.165) is 23.2 Å². The molecule has 4 N–H and O–H groups in total. The number of hydrazone groups is 1. The lowest BCUT2D eigenvalue weighted by atomic mass is 10.1. The highest BCUT2D eigenvalue weighted by molar-refractivity contribution is 6.00. The summed E-state index contributed by atoms with van der Waals surface area (Å²) in [4.78, 5) is 12.1. The van der Waals surface area contributed by atoms with Crippen LogP contribution in [0.25, 0.3) is 0 Å². The van der Waals surface area contributed by atoms with E-state index in [4.69, 9.17) is 5.73 Å². The molecule has 1 aromatic heterocycles. The molecule has 0 aliphatic carbocycles. The minimum Gasteiger partial charge on any atom is -0.399 e. The molecule has 21 heavy (non-hydrogen) atoms. The van der Waals surface area contributed by atoms with Gasteiger partial charge < -0.3 is 5.73 Å². The second-order valence-corrected chi connectivity index (χ2v) is 4.79. The molecule has 0 spiro atoms. The van der Waals surface area contributed by atoms with Gasteiger partial charge in [-0.1, -0.05) is 19.1 Å². The number of hydrogen-bond donors (Lipinski definition) is 3. The van der Waals surface area contributed by atoms with Crippen molar-refractivity contribution in [1.82, 2.24) is 15.6 Å². The number of aromatic amines is 1. The van der Waals surface area contributed by atoms with Gasteiger partial charge in [-0.3, -0.25) is 9.89 Å². The Morgan fingerprint density at radius 3 is 2.62 bits per heavy atom. The molecule has 110 valence electrons. The molecule has 0 aliphatic rings. The first-order chi connectivity index (χ1) is 10.0. The van der Waals surface area contributed by atoms with Crippen molar-refractivity contribution in [3.05, 3.63) is 46.8 Å². The van der Waals surface area contributed by atoms with Crippen molar-refractivity contribution in [2.75, 3.05) is 5.73 Å². The lowest BCUT2D eigenvalue weighted by Crippen LogP contribution is -2.20. The molecule has 0 saturated carbocycles.